The lowest BCUT2D eigenvalue weighted by Crippen LogP contribution is -1.70. The highest BCUT2D eigenvalue weighted by molar-refractivity contribution is 6.31. The molecule has 0 aliphatic heterocycles. The van der Waals surface area contributed by atoms with Crippen LogP contribution in [0.1, 0.15) is 34.6 Å². The number of rotatable bonds is 2. The first-order valence-electron chi connectivity index (χ1n) is 4.20. The van der Waals surface area contributed by atoms with Gasteiger partial charge in [0, 0.05) is 5.03 Å². The van der Waals surface area contributed by atoms with Gasteiger partial charge in [-0.2, -0.15) is 0 Å². The average Bonchev–Trinajstić information content (AvgIpc) is 2.03. The molecule has 0 saturated heterocycles. The van der Waals surface area contributed by atoms with Gasteiger partial charge >= 0.3 is 0 Å². The highest BCUT2D eigenvalue weighted by Crippen LogP contribution is 2.11. The minimum atomic E-state index is 0.723. The van der Waals surface area contributed by atoms with E-state index in [-0.39, 0.29) is 0 Å². The first-order chi connectivity index (χ1) is 5.54. The van der Waals surface area contributed by atoms with E-state index in [1.165, 1.54) is 5.57 Å². The summed E-state index contributed by atoms with van der Waals surface area (Å²) < 4.78 is 0. The molecule has 0 aromatic carbocycles. The van der Waals surface area contributed by atoms with Gasteiger partial charge in [-0.15, -0.1) is 0 Å². The highest BCUT2D eigenvalue weighted by atomic mass is 35.5. The van der Waals surface area contributed by atoms with Crippen molar-refractivity contribution in [2.24, 2.45) is 0 Å². The molecular formula is C11H19Cl. The summed E-state index contributed by atoms with van der Waals surface area (Å²) in [6.07, 6.45) is 3.83. The van der Waals surface area contributed by atoms with Crippen LogP contribution in [0.25, 0.3) is 0 Å². The molecule has 0 bridgehead atoms. The normalized spacial score (nSPS) is 9.67. The summed E-state index contributed by atoms with van der Waals surface area (Å²) in [5.74, 6) is 0. The van der Waals surface area contributed by atoms with Gasteiger partial charge in [-0.3, -0.25) is 0 Å². The Kier molecular flexibility index (Phi) is 10.1. The van der Waals surface area contributed by atoms with Crippen molar-refractivity contribution in [1.82, 2.24) is 0 Å². The van der Waals surface area contributed by atoms with Crippen molar-refractivity contribution in [3.05, 3.63) is 34.9 Å². The topological polar surface area (TPSA) is 0 Å². The fourth-order valence-electron chi connectivity index (χ4n) is 0.382. The van der Waals surface area contributed by atoms with E-state index >= 15 is 0 Å². The quantitative estimate of drug-likeness (QED) is 0.550. The van der Waals surface area contributed by atoms with Crippen molar-refractivity contribution < 1.29 is 0 Å². The third-order valence-electron chi connectivity index (χ3n) is 0.971. The van der Waals surface area contributed by atoms with E-state index in [2.05, 4.69) is 6.58 Å². The third kappa shape index (κ3) is 9.51. The molecule has 0 nitrogen and oxygen atoms in total. The van der Waals surface area contributed by atoms with E-state index in [0.717, 1.165) is 10.6 Å². The van der Waals surface area contributed by atoms with Gasteiger partial charge in [-0.1, -0.05) is 43.7 Å². The summed E-state index contributed by atoms with van der Waals surface area (Å²) in [5.41, 5.74) is 2.14. The summed E-state index contributed by atoms with van der Waals surface area (Å²) in [6, 6.07) is 0. The van der Waals surface area contributed by atoms with E-state index in [0.29, 0.717) is 0 Å². The summed E-state index contributed by atoms with van der Waals surface area (Å²) in [4.78, 5) is 0. The Bertz CT molecular complexity index is 181. The van der Waals surface area contributed by atoms with Gasteiger partial charge in [0.1, 0.15) is 0 Å². The molecule has 0 rings (SSSR count). The van der Waals surface area contributed by atoms with E-state index in [1.807, 2.05) is 46.8 Å². The zero-order valence-corrected chi connectivity index (χ0v) is 9.50. The lowest BCUT2D eigenvalue weighted by atomic mass is 10.2. The van der Waals surface area contributed by atoms with Crippen LogP contribution in [0.4, 0.5) is 0 Å². The zero-order valence-electron chi connectivity index (χ0n) is 8.74. The van der Waals surface area contributed by atoms with Crippen LogP contribution in [0.2, 0.25) is 0 Å². The predicted molar refractivity (Wildman–Crippen MR) is 59.5 cm³/mol. The Hall–Kier alpha value is -0.490. The van der Waals surface area contributed by atoms with Gasteiger partial charge in [0.25, 0.3) is 0 Å². The summed E-state index contributed by atoms with van der Waals surface area (Å²) in [7, 11) is 0. The summed E-state index contributed by atoms with van der Waals surface area (Å²) in [6.45, 7) is 13.6. The van der Waals surface area contributed by atoms with Crippen molar-refractivity contribution >= 4 is 11.6 Å². The lowest BCUT2D eigenvalue weighted by Gasteiger charge is -1.92. The Morgan fingerprint density at radius 2 is 1.50 bits per heavy atom. The molecule has 70 valence electrons. The minimum Gasteiger partial charge on any atom is -0.0946 e. The first kappa shape index (κ1) is 14.1. The van der Waals surface area contributed by atoms with Crippen LogP contribution >= 0.6 is 11.6 Å². The third-order valence-corrected chi connectivity index (χ3v) is 1.42. The molecule has 0 amide bonds. The lowest BCUT2D eigenvalue weighted by molar-refractivity contribution is 1.39. The van der Waals surface area contributed by atoms with Gasteiger partial charge in [-0.25, -0.2) is 0 Å². The Balaban J connectivity index is 0. The molecule has 0 heterocycles. The SMILES string of the molecule is C=C(C)/C(Cl)=C\C=C(C)C.CC. The largest absolute Gasteiger partial charge is 0.0946 e. The maximum atomic E-state index is 5.78. The average molecular weight is 187 g/mol. The molecule has 0 aliphatic carbocycles. The molecule has 0 N–H and O–H groups in total. The van der Waals surface area contributed by atoms with Crippen molar-refractivity contribution in [1.29, 1.82) is 0 Å². The molecule has 0 fully saturated rings. The predicted octanol–water partition coefficient (Wildman–Crippen LogP) is 4.68. The molecule has 0 unspecified atom stereocenters. The zero-order chi connectivity index (χ0) is 10.1. The molecule has 0 radical (unpaired) electrons. The minimum absolute atomic E-state index is 0.723. The number of halogens is 1. The smallest absolute Gasteiger partial charge is 0.0429 e. The molecule has 0 atom stereocenters. The number of hydrogen-bond donors (Lipinski definition) is 0. The van der Waals surface area contributed by atoms with E-state index < -0.39 is 0 Å². The van der Waals surface area contributed by atoms with Crippen LogP contribution in [0.3, 0.4) is 0 Å². The standard InChI is InChI=1S/C9H13Cl.C2H6/c1-7(2)5-6-9(10)8(3)4;1-2/h5-6H,3H2,1-2,4H3;1-2H3/b9-6+;. The van der Waals surface area contributed by atoms with E-state index in [1.54, 1.807) is 0 Å². The van der Waals surface area contributed by atoms with Gasteiger partial charge in [0.05, 0.1) is 0 Å². The second-order valence-electron chi connectivity index (χ2n) is 2.54. The number of allylic oxidation sites excluding steroid dienone is 5. The van der Waals surface area contributed by atoms with Crippen LogP contribution in [0, 0.1) is 0 Å². The number of hydrogen-bond acceptors (Lipinski definition) is 0. The van der Waals surface area contributed by atoms with Gasteiger partial charge in [-0.05, 0) is 32.4 Å². The fourth-order valence-corrected chi connectivity index (χ4v) is 0.445. The van der Waals surface area contributed by atoms with Crippen LogP contribution in [0.15, 0.2) is 34.9 Å². The van der Waals surface area contributed by atoms with Crippen molar-refractivity contribution in [3.8, 4) is 0 Å². The second-order valence-corrected chi connectivity index (χ2v) is 2.95. The second kappa shape index (κ2) is 8.61. The highest BCUT2D eigenvalue weighted by Gasteiger charge is 1.87. The summed E-state index contributed by atoms with van der Waals surface area (Å²) >= 11 is 5.78. The molecule has 12 heavy (non-hydrogen) atoms. The van der Waals surface area contributed by atoms with E-state index in [9.17, 15) is 0 Å². The molecule has 0 aliphatic rings. The maximum absolute atomic E-state index is 5.78. The van der Waals surface area contributed by atoms with Crippen LogP contribution in [0.5, 0.6) is 0 Å². The van der Waals surface area contributed by atoms with Crippen molar-refractivity contribution in [3.63, 3.8) is 0 Å². The molecule has 0 spiro atoms. The Labute approximate surface area is 81.6 Å². The molecule has 0 saturated carbocycles. The van der Waals surface area contributed by atoms with Gasteiger partial charge in [0.15, 0.2) is 0 Å². The Morgan fingerprint density at radius 3 is 1.75 bits per heavy atom. The van der Waals surface area contributed by atoms with Crippen molar-refractivity contribution in [2.45, 2.75) is 34.6 Å². The van der Waals surface area contributed by atoms with Crippen LogP contribution in [-0.4, -0.2) is 0 Å². The maximum Gasteiger partial charge on any atom is 0.0429 e. The van der Waals surface area contributed by atoms with E-state index in [4.69, 9.17) is 11.6 Å². The van der Waals surface area contributed by atoms with Gasteiger partial charge < -0.3 is 0 Å². The molecular weight excluding hydrogens is 168 g/mol. The first-order valence-corrected chi connectivity index (χ1v) is 4.58. The fraction of sp³-hybridized carbons (Fsp3) is 0.455. The molecule has 0 aromatic heterocycles. The molecule has 0 aromatic rings. The van der Waals surface area contributed by atoms with Crippen LogP contribution in [-0.2, 0) is 0 Å². The molecule has 1 heteroatoms. The monoisotopic (exact) mass is 186 g/mol. The van der Waals surface area contributed by atoms with Gasteiger partial charge in [0.2, 0.25) is 0 Å². The van der Waals surface area contributed by atoms with Crippen molar-refractivity contribution in [2.75, 3.05) is 0 Å². The Morgan fingerprint density at radius 1 is 1.08 bits per heavy atom. The van der Waals surface area contributed by atoms with Crippen LogP contribution < -0.4 is 0 Å². The summed E-state index contributed by atoms with van der Waals surface area (Å²) in [5, 5.41) is 0.723.